The summed E-state index contributed by atoms with van der Waals surface area (Å²) in [5, 5.41) is 0. The highest BCUT2D eigenvalue weighted by atomic mass is 19.1. The first-order valence-electron chi connectivity index (χ1n) is 4.39. The molecule has 1 aliphatic heterocycles. The zero-order valence-corrected chi connectivity index (χ0v) is 8.01. The monoisotopic (exact) mass is 212 g/mol. The molecule has 2 rings (SSSR count). The van der Waals surface area contributed by atoms with Crippen LogP contribution < -0.4 is 11.2 Å². The maximum absolute atomic E-state index is 13.1. The van der Waals surface area contributed by atoms with E-state index in [9.17, 15) is 14.0 Å². The lowest BCUT2D eigenvalue weighted by Gasteiger charge is -2.14. The Morgan fingerprint density at radius 3 is 2.87 bits per heavy atom. The molecule has 0 aliphatic carbocycles. The van der Waals surface area contributed by atoms with Crippen LogP contribution in [-0.4, -0.2) is 9.13 Å². The third-order valence-electron chi connectivity index (χ3n) is 2.25. The lowest BCUT2D eigenvalue weighted by atomic mass is 10.4. The normalized spacial score (nSPS) is 19.2. The maximum Gasteiger partial charge on any atom is 0.333 e. The van der Waals surface area contributed by atoms with Crippen LogP contribution >= 0.6 is 0 Å². The van der Waals surface area contributed by atoms with E-state index in [1.165, 1.54) is 13.3 Å². The van der Waals surface area contributed by atoms with E-state index in [-0.39, 0.29) is 0 Å². The Morgan fingerprint density at radius 2 is 2.27 bits per heavy atom. The van der Waals surface area contributed by atoms with E-state index >= 15 is 0 Å². The van der Waals surface area contributed by atoms with Crippen molar-refractivity contribution in [3.05, 3.63) is 45.2 Å². The maximum atomic E-state index is 13.1. The van der Waals surface area contributed by atoms with Gasteiger partial charge in [-0.25, -0.2) is 4.79 Å². The number of nitrogens with zero attached hydrogens (tertiary/aromatic N) is 2. The van der Waals surface area contributed by atoms with Crippen LogP contribution in [0, 0.1) is 5.82 Å². The molecule has 0 N–H and O–H groups in total. The number of rotatable bonds is 1. The third kappa shape index (κ3) is 1.47. The summed E-state index contributed by atoms with van der Waals surface area (Å²) < 4.78 is 20.0. The Balaban J connectivity index is 2.58. The molecular formula is C9H9FN2O3. The Kier molecular flexibility index (Phi) is 2.18. The van der Waals surface area contributed by atoms with Gasteiger partial charge in [0.1, 0.15) is 0 Å². The van der Waals surface area contributed by atoms with Crippen LogP contribution in [0.4, 0.5) is 4.39 Å². The van der Waals surface area contributed by atoms with Gasteiger partial charge in [0, 0.05) is 13.5 Å². The Hall–Kier alpha value is -1.85. The van der Waals surface area contributed by atoms with E-state index in [1.807, 2.05) is 0 Å². The molecule has 5 nitrogen and oxygen atoms in total. The molecule has 1 aromatic heterocycles. The van der Waals surface area contributed by atoms with Gasteiger partial charge >= 0.3 is 5.69 Å². The first kappa shape index (κ1) is 9.70. The first-order chi connectivity index (χ1) is 7.11. The lowest BCUT2D eigenvalue weighted by Crippen LogP contribution is -2.40. The summed E-state index contributed by atoms with van der Waals surface area (Å²) in [4.78, 5) is 22.7. The van der Waals surface area contributed by atoms with Crippen molar-refractivity contribution >= 4 is 0 Å². The molecule has 1 atom stereocenters. The molecule has 0 aromatic carbocycles. The van der Waals surface area contributed by atoms with Crippen LogP contribution in [0.2, 0.25) is 0 Å². The van der Waals surface area contributed by atoms with Crippen molar-refractivity contribution in [2.24, 2.45) is 7.05 Å². The molecule has 6 heteroatoms. The van der Waals surface area contributed by atoms with Gasteiger partial charge in [-0.1, -0.05) is 0 Å². The van der Waals surface area contributed by atoms with Gasteiger partial charge < -0.3 is 4.74 Å². The van der Waals surface area contributed by atoms with Crippen LogP contribution in [-0.2, 0) is 11.8 Å². The highest BCUT2D eigenvalue weighted by Gasteiger charge is 2.18. The molecule has 2 heterocycles. The molecule has 1 aliphatic rings. The van der Waals surface area contributed by atoms with Gasteiger partial charge in [-0.05, 0) is 6.08 Å². The Bertz CT molecular complexity index is 521. The van der Waals surface area contributed by atoms with Gasteiger partial charge in [-0.15, -0.1) is 0 Å². The second-order valence-corrected chi connectivity index (χ2v) is 3.23. The van der Waals surface area contributed by atoms with Crippen molar-refractivity contribution in [1.82, 2.24) is 9.13 Å². The molecule has 80 valence electrons. The summed E-state index contributed by atoms with van der Waals surface area (Å²) in [5.74, 6) is -0.965. The van der Waals surface area contributed by atoms with Crippen molar-refractivity contribution in [3.8, 4) is 0 Å². The fraction of sp³-hybridized carbons (Fsp3) is 0.333. The number of aromatic nitrogens is 2. The average Bonchev–Trinajstić information content (AvgIpc) is 2.73. The zero-order chi connectivity index (χ0) is 11.0. The second-order valence-electron chi connectivity index (χ2n) is 3.23. The van der Waals surface area contributed by atoms with Crippen LogP contribution in [0.15, 0.2) is 28.1 Å². The minimum atomic E-state index is -0.965. The van der Waals surface area contributed by atoms with Gasteiger partial charge in [0.15, 0.2) is 6.23 Å². The Morgan fingerprint density at radius 1 is 1.53 bits per heavy atom. The van der Waals surface area contributed by atoms with Crippen molar-refractivity contribution in [2.45, 2.75) is 12.6 Å². The lowest BCUT2D eigenvalue weighted by molar-refractivity contribution is 0.0968. The van der Waals surface area contributed by atoms with Crippen molar-refractivity contribution < 1.29 is 9.13 Å². The van der Waals surface area contributed by atoms with E-state index in [0.29, 0.717) is 6.42 Å². The van der Waals surface area contributed by atoms with E-state index in [1.54, 1.807) is 6.08 Å². The van der Waals surface area contributed by atoms with Gasteiger partial charge in [-0.2, -0.15) is 4.39 Å². The largest absolute Gasteiger partial charge is 0.478 e. The average molecular weight is 212 g/mol. The minimum absolute atomic E-state index is 0.484. The summed E-state index contributed by atoms with van der Waals surface area (Å²) in [6.07, 6.45) is 3.97. The molecule has 0 spiro atoms. The molecule has 0 bridgehead atoms. The Labute approximate surface area is 84.0 Å². The van der Waals surface area contributed by atoms with E-state index < -0.39 is 23.3 Å². The summed E-state index contributed by atoms with van der Waals surface area (Å²) in [6, 6.07) is 0. The standard InChI is InChI=1S/C9H9FN2O3/c1-11-8(13)6(10)5-12(9(11)14)7-3-2-4-15-7/h2,4-5,7H,3H2,1H3. The number of ether oxygens (including phenoxy) is 1. The predicted molar refractivity (Wildman–Crippen MR) is 49.8 cm³/mol. The summed E-state index contributed by atoms with van der Waals surface area (Å²) in [5.41, 5.74) is -1.52. The van der Waals surface area contributed by atoms with E-state index in [2.05, 4.69) is 0 Å². The molecular weight excluding hydrogens is 203 g/mol. The van der Waals surface area contributed by atoms with Crippen LogP contribution in [0.5, 0.6) is 0 Å². The van der Waals surface area contributed by atoms with E-state index in [4.69, 9.17) is 4.74 Å². The van der Waals surface area contributed by atoms with Crippen LogP contribution in [0.1, 0.15) is 12.6 Å². The molecule has 15 heavy (non-hydrogen) atoms. The molecule has 0 fully saturated rings. The van der Waals surface area contributed by atoms with Crippen molar-refractivity contribution in [3.63, 3.8) is 0 Å². The van der Waals surface area contributed by atoms with Crippen LogP contribution in [0.25, 0.3) is 0 Å². The highest BCUT2D eigenvalue weighted by Crippen LogP contribution is 2.17. The van der Waals surface area contributed by atoms with Gasteiger partial charge in [0.2, 0.25) is 5.82 Å². The van der Waals surface area contributed by atoms with Crippen LogP contribution in [0.3, 0.4) is 0 Å². The molecule has 1 unspecified atom stereocenters. The molecule has 0 saturated carbocycles. The predicted octanol–water partition coefficient (Wildman–Crippen LogP) is 0.119. The fourth-order valence-corrected chi connectivity index (χ4v) is 1.41. The van der Waals surface area contributed by atoms with Crippen molar-refractivity contribution in [2.75, 3.05) is 0 Å². The first-order valence-corrected chi connectivity index (χ1v) is 4.39. The number of hydrogen-bond donors (Lipinski definition) is 0. The summed E-state index contributed by atoms with van der Waals surface area (Å²) in [6.45, 7) is 0. The molecule has 0 radical (unpaired) electrons. The molecule has 1 aromatic rings. The van der Waals surface area contributed by atoms with Gasteiger partial charge in [-0.3, -0.25) is 13.9 Å². The topological polar surface area (TPSA) is 53.2 Å². The third-order valence-corrected chi connectivity index (χ3v) is 2.25. The highest BCUT2D eigenvalue weighted by molar-refractivity contribution is 4.94. The summed E-state index contributed by atoms with van der Waals surface area (Å²) >= 11 is 0. The smallest absolute Gasteiger partial charge is 0.333 e. The molecule has 0 amide bonds. The fourth-order valence-electron chi connectivity index (χ4n) is 1.41. The van der Waals surface area contributed by atoms with E-state index in [0.717, 1.165) is 15.3 Å². The summed E-state index contributed by atoms with van der Waals surface area (Å²) in [7, 11) is 1.23. The zero-order valence-electron chi connectivity index (χ0n) is 8.01. The minimum Gasteiger partial charge on any atom is -0.478 e. The number of halogens is 1. The quantitative estimate of drug-likeness (QED) is 0.664. The number of hydrogen-bond acceptors (Lipinski definition) is 3. The van der Waals surface area contributed by atoms with Gasteiger partial charge in [0.05, 0.1) is 12.5 Å². The van der Waals surface area contributed by atoms with Gasteiger partial charge in [0.25, 0.3) is 5.56 Å². The second kappa shape index (κ2) is 3.38. The van der Waals surface area contributed by atoms with Crippen molar-refractivity contribution in [1.29, 1.82) is 0 Å². The molecule has 0 saturated heterocycles. The SMILES string of the molecule is Cn1c(=O)c(F)cn(C2CC=CO2)c1=O.